The Bertz CT molecular complexity index is 1200. The lowest BCUT2D eigenvalue weighted by atomic mass is 9.81. The Morgan fingerprint density at radius 1 is 1.12 bits per heavy atom. The molecule has 0 spiro atoms. The first-order valence-corrected chi connectivity index (χ1v) is 17.5. The molecule has 41 heavy (non-hydrogen) atoms. The Kier molecular flexibility index (Phi) is 12.4. The number of thiazole rings is 1. The van der Waals surface area contributed by atoms with Crippen LogP contribution < -0.4 is 5.32 Å². The largest absolute Gasteiger partial charge is 0.353 e. The number of amides is 1. The molecule has 1 aromatic carbocycles. The van der Waals surface area contributed by atoms with E-state index in [1.165, 1.54) is 12.0 Å². The molecule has 8 heteroatoms. The van der Waals surface area contributed by atoms with Crippen LogP contribution in [0.4, 0.5) is 0 Å². The molecule has 1 aliphatic carbocycles. The maximum absolute atomic E-state index is 13.8. The van der Waals surface area contributed by atoms with Gasteiger partial charge in [0, 0.05) is 68.4 Å². The summed E-state index contributed by atoms with van der Waals surface area (Å²) in [4.78, 5) is 46.6. The van der Waals surface area contributed by atoms with Gasteiger partial charge in [-0.05, 0) is 49.3 Å². The van der Waals surface area contributed by atoms with Gasteiger partial charge in [0.05, 0.1) is 21.1 Å². The van der Waals surface area contributed by atoms with E-state index in [2.05, 4.69) is 41.9 Å². The highest BCUT2D eigenvalue weighted by molar-refractivity contribution is 7.99. The van der Waals surface area contributed by atoms with Gasteiger partial charge in [-0.3, -0.25) is 19.3 Å². The Labute approximate surface area is 254 Å². The Morgan fingerprint density at radius 2 is 1.88 bits per heavy atom. The zero-order valence-electron chi connectivity index (χ0n) is 24.9. The number of aromatic nitrogens is 1. The van der Waals surface area contributed by atoms with Crippen molar-refractivity contribution in [3.05, 3.63) is 40.9 Å². The molecule has 2 heterocycles. The summed E-state index contributed by atoms with van der Waals surface area (Å²) in [6.45, 7) is 10.8. The molecule has 0 radical (unpaired) electrons. The highest BCUT2D eigenvalue weighted by atomic mass is 32.2. The number of benzene rings is 1. The third-order valence-corrected chi connectivity index (χ3v) is 10.7. The number of nitrogens with zero attached hydrogens (tertiary/aromatic N) is 2. The van der Waals surface area contributed by atoms with E-state index in [1.807, 2.05) is 18.7 Å². The molecule has 2 aromatic rings. The van der Waals surface area contributed by atoms with E-state index < -0.39 is 5.92 Å². The molecule has 224 valence electrons. The molecule has 2 atom stereocenters. The van der Waals surface area contributed by atoms with Crippen LogP contribution in [0.3, 0.4) is 0 Å². The van der Waals surface area contributed by atoms with Crippen LogP contribution in [-0.4, -0.2) is 64.5 Å². The first-order chi connectivity index (χ1) is 19.9. The van der Waals surface area contributed by atoms with Gasteiger partial charge in [0.2, 0.25) is 5.91 Å². The summed E-state index contributed by atoms with van der Waals surface area (Å²) in [5.41, 5.74) is 2.90. The van der Waals surface area contributed by atoms with Crippen LogP contribution in [0, 0.1) is 11.8 Å². The molecule has 1 N–H and O–H groups in total. The lowest BCUT2D eigenvalue weighted by Gasteiger charge is -2.32. The number of fused-ring (bicyclic) bond motifs is 1. The minimum Gasteiger partial charge on any atom is -0.353 e. The van der Waals surface area contributed by atoms with E-state index in [4.69, 9.17) is 4.98 Å². The molecular weight excluding hydrogens is 551 g/mol. The van der Waals surface area contributed by atoms with Crippen LogP contribution in [0.5, 0.6) is 0 Å². The Balaban J connectivity index is 1.43. The number of hydrogen-bond acceptors (Lipinski definition) is 7. The molecule has 1 saturated carbocycles. The van der Waals surface area contributed by atoms with E-state index in [0.29, 0.717) is 43.7 Å². The lowest BCUT2D eigenvalue weighted by molar-refractivity contribution is -0.130. The van der Waals surface area contributed by atoms with Gasteiger partial charge in [0.15, 0.2) is 5.78 Å². The van der Waals surface area contributed by atoms with Crippen molar-refractivity contribution in [2.24, 2.45) is 11.8 Å². The van der Waals surface area contributed by atoms with E-state index in [-0.39, 0.29) is 29.9 Å². The fourth-order valence-corrected chi connectivity index (χ4v) is 8.14. The third kappa shape index (κ3) is 9.48. The van der Waals surface area contributed by atoms with Gasteiger partial charge in [-0.15, -0.1) is 11.3 Å². The summed E-state index contributed by atoms with van der Waals surface area (Å²) in [6, 6.07) is 6.27. The highest BCUT2D eigenvalue weighted by Gasteiger charge is 2.30. The predicted octanol–water partition coefficient (Wildman–Crippen LogP) is 6.41. The number of carbonyl (C=O) groups is 3. The molecule has 1 amide bonds. The third-order valence-electron chi connectivity index (χ3n) is 8.71. The summed E-state index contributed by atoms with van der Waals surface area (Å²) in [5.74, 6) is 2.25. The van der Waals surface area contributed by atoms with Crippen LogP contribution in [0.2, 0.25) is 0 Å². The lowest BCUT2D eigenvalue weighted by Crippen LogP contribution is -2.45. The SMILES string of the molecule is C=C(CN1CCSCC1)C(=O)CC[C@@H](NC(=O)[C@@H](CC(=O)CC)Cc1nc2ccc(CC)cc2s1)C1CCCCC1. The van der Waals surface area contributed by atoms with Crippen molar-refractivity contribution in [3.8, 4) is 0 Å². The molecule has 1 saturated heterocycles. The Hall–Kier alpha value is -2.03. The van der Waals surface area contributed by atoms with Crippen molar-refractivity contribution in [3.63, 3.8) is 0 Å². The summed E-state index contributed by atoms with van der Waals surface area (Å²) >= 11 is 3.58. The topological polar surface area (TPSA) is 79.4 Å². The van der Waals surface area contributed by atoms with Gasteiger partial charge in [-0.1, -0.05) is 45.8 Å². The number of thioether (sulfide) groups is 1. The van der Waals surface area contributed by atoms with Gasteiger partial charge < -0.3 is 5.32 Å². The van der Waals surface area contributed by atoms with Crippen LogP contribution in [0.25, 0.3) is 10.2 Å². The van der Waals surface area contributed by atoms with E-state index in [0.717, 1.165) is 71.9 Å². The van der Waals surface area contributed by atoms with Crippen LogP contribution in [-0.2, 0) is 27.2 Å². The van der Waals surface area contributed by atoms with Crippen molar-refractivity contribution in [1.82, 2.24) is 15.2 Å². The quantitative estimate of drug-likeness (QED) is 0.239. The Morgan fingerprint density at radius 3 is 2.59 bits per heavy atom. The zero-order valence-corrected chi connectivity index (χ0v) is 26.6. The second-order valence-corrected chi connectivity index (χ2v) is 14.1. The summed E-state index contributed by atoms with van der Waals surface area (Å²) in [6.07, 6.45) is 8.78. The first kappa shape index (κ1) is 31.9. The molecule has 6 nitrogen and oxygen atoms in total. The van der Waals surface area contributed by atoms with Gasteiger partial charge in [0.1, 0.15) is 5.78 Å². The standard InChI is InChI=1S/C33H47N3O3S2/c1-4-24-11-12-29-31(19-24)41-32(34-29)21-26(20-27(37)5-2)33(39)35-28(25-9-7-6-8-10-25)13-14-30(38)23(3)22-36-15-17-40-18-16-36/h11-12,19,25-26,28H,3-10,13-18,20-22H2,1-2H3,(H,35,39)/t26-,28+/m0/s1. The van der Waals surface area contributed by atoms with Crippen LogP contribution in [0.1, 0.15) is 82.2 Å². The minimum absolute atomic E-state index is 0.0624. The first-order valence-electron chi connectivity index (χ1n) is 15.6. The molecule has 0 bridgehead atoms. The number of aryl methyl sites for hydroxylation is 1. The molecular formula is C33H47N3O3S2. The molecule has 2 aliphatic rings. The number of carbonyl (C=O) groups excluding carboxylic acids is 3. The van der Waals surface area contributed by atoms with Crippen molar-refractivity contribution in [2.45, 2.75) is 90.5 Å². The van der Waals surface area contributed by atoms with Crippen molar-refractivity contribution in [2.75, 3.05) is 31.1 Å². The number of rotatable bonds is 15. The smallest absolute Gasteiger partial charge is 0.224 e. The van der Waals surface area contributed by atoms with Gasteiger partial charge in [-0.2, -0.15) is 11.8 Å². The van der Waals surface area contributed by atoms with Crippen molar-refractivity contribution < 1.29 is 14.4 Å². The summed E-state index contributed by atoms with van der Waals surface area (Å²) in [5, 5.41) is 4.25. The average molecular weight is 598 g/mol. The fraction of sp³-hybridized carbons (Fsp3) is 0.636. The second-order valence-electron chi connectivity index (χ2n) is 11.7. The minimum atomic E-state index is -0.456. The van der Waals surface area contributed by atoms with Crippen molar-refractivity contribution in [1.29, 1.82) is 0 Å². The molecule has 0 unspecified atom stereocenters. The maximum Gasteiger partial charge on any atom is 0.224 e. The second kappa shape index (κ2) is 16.0. The number of Topliss-reactive ketones (excluding diaryl/α,β-unsaturated/α-hetero) is 2. The van der Waals surface area contributed by atoms with E-state index >= 15 is 0 Å². The van der Waals surface area contributed by atoms with Gasteiger partial charge in [-0.25, -0.2) is 4.98 Å². The zero-order chi connectivity index (χ0) is 29.2. The fourth-order valence-electron chi connectivity index (χ4n) is 6.06. The van der Waals surface area contributed by atoms with Crippen LogP contribution >= 0.6 is 23.1 Å². The van der Waals surface area contributed by atoms with E-state index in [9.17, 15) is 14.4 Å². The molecule has 1 aliphatic heterocycles. The summed E-state index contributed by atoms with van der Waals surface area (Å²) in [7, 11) is 0. The molecule has 2 fully saturated rings. The average Bonchev–Trinajstić information content (AvgIpc) is 3.40. The molecule has 4 rings (SSSR count). The monoisotopic (exact) mass is 597 g/mol. The normalized spacial score (nSPS) is 18.2. The molecule has 1 aromatic heterocycles. The van der Waals surface area contributed by atoms with Crippen molar-refractivity contribution >= 4 is 50.8 Å². The number of nitrogens with one attached hydrogen (secondary N) is 1. The van der Waals surface area contributed by atoms with Gasteiger partial charge in [0.25, 0.3) is 0 Å². The van der Waals surface area contributed by atoms with Gasteiger partial charge >= 0.3 is 0 Å². The van der Waals surface area contributed by atoms with E-state index in [1.54, 1.807) is 11.3 Å². The van der Waals surface area contributed by atoms with Crippen LogP contribution in [0.15, 0.2) is 30.4 Å². The highest BCUT2D eigenvalue weighted by Crippen LogP contribution is 2.30. The predicted molar refractivity (Wildman–Crippen MR) is 172 cm³/mol. The number of ketones is 2. The number of hydrogen-bond donors (Lipinski definition) is 1. The summed E-state index contributed by atoms with van der Waals surface area (Å²) < 4.78 is 1.13. The maximum atomic E-state index is 13.8.